The molecule has 0 aliphatic carbocycles. The van der Waals surface area contributed by atoms with Crippen molar-refractivity contribution >= 4 is 29.9 Å². The minimum Gasteiger partial charge on any atom is -0.489 e. The molecule has 6 nitrogen and oxygen atoms in total. The molecule has 1 atom stereocenters. The van der Waals surface area contributed by atoms with Gasteiger partial charge in [0.25, 0.3) is 0 Å². The van der Waals surface area contributed by atoms with Crippen molar-refractivity contribution in [1.82, 2.24) is 15.5 Å². The first kappa shape index (κ1) is 23.9. The summed E-state index contributed by atoms with van der Waals surface area (Å²) in [6.07, 6.45) is 0.0500. The second-order valence-electron chi connectivity index (χ2n) is 5.87. The number of nitrogens with zero attached hydrogens (tertiary/aromatic N) is 2. The molecule has 2 N–H and O–H groups in total. The summed E-state index contributed by atoms with van der Waals surface area (Å²) in [7, 11) is 5.57. The highest BCUT2D eigenvalue weighted by molar-refractivity contribution is 14.0. The van der Waals surface area contributed by atoms with Crippen molar-refractivity contribution in [3.63, 3.8) is 0 Å². The lowest BCUT2D eigenvalue weighted by molar-refractivity contribution is 0.162. The molecule has 144 valence electrons. The van der Waals surface area contributed by atoms with Gasteiger partial charge in [-0.15, -0.1) is 24.0 Å². The van der Waals surface area contributed by atoms with Gasteiger partial charge in [0.2, 0.25) is 0 Å². The number of rotatable bonds is 10. The molecule has 0 saturated heterocycles. The van der Waals surface area contributed by atoms with E-state index in [1.165, 1.54) is 0 Å². The monoisotopic (exact) mass is 464 g/mol. The lowest BCUT2D eigenvalue weighted by Crippen LogP contribution is -2.44. The third-order valence-corrected chi connectivity index (χ3v) is 3.67. The molecule has 25 heavy (non-hydrogen) atoms. The molecule has 0 fully saturated rings. The van der Waals surface area contributed by atoms with E-state index in [9.17, 15) is 0 Å². The summed E-state index contributed by atoms with van der Waals surface area (Å²) in [6, 6.07) is 8.05. The minimum atomic E-state index is 0. The van der Waals surface area contributed by atoms with Crippen LogP contribution in [0.1, 0.15) is 12.5 Å². The van der Waals surface area contributed by atoms with Crippen LogP contribution in [0.15, 0.2) is 29.3 Å². The van der Waals surface area contributed by atoms with Gasteiger partial charge in [0.1, 0.15) is 11.9 Å². The van der Waals surface area contributed by atoms with Crippen LogP contribution in [0.25, 0.3) is 0 Å². The minimum absolute atomic E-state index is 0. The highest BCUT2D eigenvalue weighted by atomic mass is 127. The van der Waals surface area contributed by atoms with Crippen LogP contribution in [0.3, 0.4) is 0 Å². The number of hydrogen-bond acceptors (Lipinski definition) is 4. The lowest BCUT2D eigenvalue weighted by Gasteiger charge is -2.20. The van der Waals surface area contributed by atoms with Crippen LogP contribution >= 0.6 is 24.0 Å². The molecule has 0 aliphatic rings. The van der Waals surface area contributed by atoms with Gasteiger partial charge in [0, 0.05) is 33.8 Å². The van der Waals surface area contributed by atoms with Crippen LogP contribution in [0.4, 0.5) is 0 Å². The summed E-state index contributed by atoms with van der Waals surface area (Å²) >= 11 is 0. The number of likely N-dealkylation sites (N-methyl/N-ethyl adjacent to an activating group) is 1. The van der Waals surface area contributed by atoms with E-state index in [0.717, 1.165) is 43.5 Å². The van der Waals surface area contributed by atoms with E-state index in [4.69, 9.17) is 9.47 Å². The van der Waals surface area contributed by atoms with Crippen molar-refractivity contribution in [2.45, 2.75) is 20.0 Å². The molecule has 0 saturated carbocycles. The Morgan fingerprint density at radius 2 is 1.96 bits per heavy atom. The molecule has 1 rings (SSSR count). The van der Waals surface area contributed by atoms with Crippen LogP contribution < -0.4 is 15.4 Å². The van der Waals surface area contributed by atoms with Gasteiger partial charge in [-0.05, 0) is 32.5 Å². The summed E-state index contributed by atoms with van der Waals surface area (Å²) in [5, 5.41) is 6.60. The van der Waals surface area contributed by atoms with Gasteiger partial charge in [-0.1, -0.05) is 18.2 Å². The number of aryl methyl sites for hydroxylation is 1. The third kappa shape index (κ3) is 10.5. The average Bonchev–Trinajstić information content (AvgIpc) is 2.58. The second kappa shape index (κ2) is 14.1. The van der Waals surface area contributed by atoms with Crippen LogP contribution in [-0.4, -0.2) is 71.0 Å². The summed E-state index contributed by atoms with van der Waals surface area (Å²) in [6.45, 7) is 8.21. The van der Waals surface area contributed by atoms with Gasteiger partial charge in [-0.3, -0.25) is 4.99 Å². The highest BCUT2D eigenvalue weighted by Crippen LogP contribution is 2.17. The van der Waals surface area contributed by atoms with E-state index in [-0.39, 0.29) is 30.1 Å². The standard InChI is InChI=1S/C18H32N4O2.HI/c1-15-8-6-7-9-17(15)24-16(2)14-21-18(19-3)20-10-11-22(4)12-13-23-5;/h6-9,16H,10-14H2,1-5H3,(H2,19,20,21);1H. The summed E-state index contributed by atoms with van der Waals surface area (Å²) in [5.74, 6) is 1.71. The van der Waals surface area contributed by atoms with Crippen molar-refractivity contribution in [1.29, 1.82) is 0 Å². The second-order valence-corrected chi connectivity index (χ2v) is 5.87. The van der Waals surface area contributed by atoms with E-state index in [1.807, 2.05) is 25.1 Å². The smallest absolute Gasteiger partial charge is 0.191 e. The Labute approximate surface area is 169 Å². The summed E-state index contributed by atoms with van der Waals surface area (Å²) < 4.78 is 11.0. The summed E-state index contributed by atoms with van der Waals surface area (Å²) in [4.78, 5) is 6.46. The predicted octanol–water partition coefficient (Wildman–Crippen LogP) is 2.12. The normalized spacial score (nSPS) is 12.5. The number of ether oxygens (including phenoxy) is 2. The Morgan fingerprint density at radius 1 is 1.24 bits per heavy atom. The number of nitrogens with one attached hydrogen (secondary N) is 2. The lowest BCUT2D eigenvalue weighted by atomic mass is 10.2. The van der Waals surface area contributed by atoms with Crippen molar-refractivity contribution in [2.24, 2.45) is 4.99 Å². The maximum Gasteiger partial charge on any atom is 0.191 e. The van der Waals surface area contributed by atoms with E-state index in [0.29, 0.717) is 6.54 Å². The fourth-order valence-corrected chi connectivity index (χ4v) is 2.13. The average molecular weight is 464 g/mol. The number of guanidine groups is 1. The topological polar surface area (TPSA) is 58.1 Å². The van der Waals surface area contributed by atoms with Gasteiger partial charge in [-0.2, -0.15) is 0 Å². The molecule has 1 aromatic carbocycles. The van der Waals surface area contributed by atoms with E-state index in [2.05, 4.69) is 40.6 Å². The maximum atomic E-state index is 5.96. The number of methoxy groups -OCH3 is 1. The number of aliphatic imine (C=N–C) groups is 1. The van der Waals surface area contributed by atoms with Crippen LogP contribution in [0.5, 0.6) is 5.75 Å². The molecule has 0 spiro atoms. The fraction of sp³-hybridized carbons (Fsp3) is 0.611. The molecular formula is C18H33IN4O2. The van der Waals surface area contributed by atoms with E-state index >= 15 is 0 Å². The molecule has 0 bridgehead atoms. The van der Waals surface area contributed by atoms with Gasteiger partial charge >= 0.3 is 0 Å². The number of para-hydroxylation sites is 1. The third-order valence-electron chi connectivity index (χ3n) is 3.67. The molecule has 0 heterocycles. The van der Waals surface area contributed by atoms with Gasteiger partial charge in [-0.25, -0.2) is 0 Å². The molecule has 0 aromatic heterocycles. The zero-order valence-corrected chi connectivity index (χ0v) is 18.4. The molecular weight excluding hydrogens is 431 g/mol. The molecule has 7 heteroatoms. The van der Waals surface area contributed by atoms with Crippen LogP contribution in [-0.2, 0) is 4.74 Å². The number of benzene rings is 1. The Bertz CT molecular complexity index is 500. The van der Waals surface area contributed by atoms with E-state index < -0.39 is 0 Å². The zero-order valence-electron chi connectivity index (χ0n) is 16.0. The Hall–Kier alpha value is -1.06. The van der Waals surface area contributed by atoms with E-state index in [1.54, 1.807) is 14.2 Å². The van der Waals surface area contributed by atoms with Gasteiger partial charge < -0.3 is 25.0 Å². The Balaban J connectivity index is 0.00000576. The highest BCUT2D eigenvalue weighted by Gasteiger charge is 2.07. The largest absolute Gasteiger partial charge is 0.489 e. The first-order chi connectivity index (χ1) is 11.6. The van der Waals surface area contributed by atoms with Gasteiger partial charge in [0.15, 0.2) is 5.96 Å². The Morgan fingerprint density at radius 3 is 2.60 bits per heavy atom. The predicted molar refractivity (Wildman–Crippen MR) is 115 cm³/mol. The number of hydrogen-bond donors (Lipinski definition) is 2. The molecule has 0 aliphatic heterocycles. The first-order valence-corrected chi connectivity index (χ1v) is 8.41. The molecule has 0 radical (unpaired) electrons. The Kier molecular flexibility index (Phi) is 13.5. The maximum absolute atomic E-state index is 5.96. The molecule has 1 aromatic rings. The molecule has 1 unspecified atom stereocenters. The fourth-order valence-electron chi connectivity index (χ4n) is 2.13. The number of halogens is 1. The quantitative estimate of drug-likeness (QED) is 0.316. The first-order valence-electron chi connectivity index (χ1n) is 8.41. The zero-order chi connectivity index (χ0) is 17.8. The van der Waals surface area contributed by atoms with Crippen molar-refractivity contribution in [3.05, 3.63) is 29.8 Å². The molecule has 0 amide bonds. The van der Waals surface area contributed by atoms with Crippen molar-refractivity contribution in [3.8, 4) is 5.75 Å². The summed E-state index contributed by atoms with van der Waals surface area (Å²) in [5.41, 5.74) is 1.14. The SMILES string of the molecule is CN=C(NCCN(C)CCOC)NCC(C)Oc1ccccc1C.I. The van der Waals surface area contributed by atoms with Crippen molar-refractivity contribution < 1.29 is 9.47 Å². The van der Waals surface area contributed by atoms with Crippen LogP contribution in [0, 0.1) is 6.92 Å². The van der Waals surface area contributed by atoms with Crippen LogP contribution in [0.2, 0.25) is 0 Å². The van der Waals surface area contributed by atoms with Crippen molar-refractivity contribution in [2.75, 3.05) is 54.0 Å². The van der Waals surface area contributed by atoms with Gasteiger partial charge in [0.05, 0.1) is 13.2 Å².